The van der Waals surface area contributed by atoms with Crippen molar-refractivity contribution in [1.82, 2.24) is 19.5 Å². The number of hydrogen-bond acceptors (Lipinski definition) is 6. The van der Waals surface area contributed by atoms with Crippen molar-refractivity contribution in [2.75, 3.05) is 31.1 Å². The van der Waals surface area contributed by atoms with Gasteiger partial charge in [0.1, 0.15) is 28.1 Å². The number of benzene rings is 1. The topological polar surface area (TPSA) is 119 Å². The fourth-order valence-electron chi connectivity index (χ4n) is 5.94. The number of anilines is 1. The van der Waals surface area contributed by atoms with Crippen molar-refractivity contribution in [3.63, 3.8) is 0 Å². The van der Waals surface area contributed by atoms with E-state index in [1.165, 1.54) is 47.0 Å². The number of carboxylic acids is 1. The number of alkyl halides is 1. The van der Waals surface area contributed by atoms with E-state index in [-0.39, 0.29) is 31.0 Å². The van der Waals surface area contributed by atoms with E-state index in [1.54, 1.807) is 17.0 Å². The number of H-pyrrole nitrogens is 1. The Hall–Kier alpha value is -3.64. The molecule has 2 saturated heterocycles. The fourth-order valence-corrected chi connectivity index (χ4v) is 7.36. The molecule has 2 aromatic heterocycles. The zero-order valence-electron chi connectivity index (χ0n) is 20.2. The second-order valence-electron chi connectivity index (χ2n) is 9.94. The van der Waals surface area contributed by atoms with Crippen LogP contribution in [-0.2, 0) is 14.8 Å². The average molecular weight is 542 g/mol. The van der Waals surface area contributed by atoms with Gasteiger partial charge in [0, 0.05) is 37.3 Å². The molecule has 1 aliphatic carbocycles. The van der Waals surface area contributed by atoms with Gasteiger partial charge in [0.15, 0.2) is 0 Å². The predicted molar refractivity (Wildman–Crippen MR) is 134 cm³/mol. The normalized spacial score (nSPS) is 25.5. The molecule has 198 valence electrons. The predicted octanol–water partition coefficient (Wildman–Crippen LogP) is 3.19. The van der Waals surface area contributed by atoms with Crippen molar-refractivity contribution in [3.8, 4) is 0 Å². The number of aromatic nitrogens is 3. The summed E-state index contributed by atoms with van der Waals surface area (Å²) in [6, 6.07) is 8.56. The molecule has 9 nitrogen and oxygen atoms in total. The number of carbonyl (C=O) groups is 1. The minimum Gasteiger partial charge on any atom is -0.481 e. The Kier molecular flexibility index (Phi) is 5.84. The van der Waals surface area contributed by atoms with Crippen LogP contribution in [0.5, 0.6) is 0 Å². The van der Waals surface area contributed by atoms with Gasteiger partial charge in [-0.1, -0.05) is 12.1 Å². The number of fused-ring (bicyclic) bond motifs is 2. The molecule has 6 rings (SSSR count). The molecule has 3 aliphatic rings. The summed E-state index contributed by atoms with van der Waals surface area (Å²) < 4.78 is 56.0. The highest BCUT2D eigenvalue weighted by atomic mass is 32.2. The molecular weight excluding hydrogens is 516 g/mol. The number of nitrogens with one attached hydrogen (secondary N) is 1. The Morgan fingerprint density at radius 1 is 1.13 bits per heavy atom. The second kappa shape index (κ2) is 8.98. The number of carboxylic acid groups (broad SMARTS) is 1. The van der Waals surface area contributed by atoms with E-state index in [0.29, 0.717) is 41.2 Å². The molecule has 0 radical (unpaired) electrons. The van der Waals surface area contributed by atoms with Crippen molar-refractivity contribution in [2.45, 2.75) is 29.8 Å². The molecule has 12 heteroatoms. The van der Waals surface area contributed by atoms with Gasteiger partial charge < -0.3 is 10.0 Å². The molecule has 2 N–H and O–H groups in total. The third-order valence-corrected chi connectivity index (χ3v) is 9.68. The van der Waals surface area contributed by atoms with Gasteiger partial charge >= 0.3 is 5.97 Å². The molecule has 2 fully saturated rings. The Morgan fingerprint density at radius 3 is 2.58 bits per heavy atom. The SMILES string of the molecule is O=C(O)[C@@]12CN(S(=O)(=O)c3ccc(N4CC[C@@H](F)C4)nc3)CCC1=Cc1[nH]ncc1C2c1ccc(F)cc1. The van der Waals surface area contributed by atoms with Crippen LogP contribution < -0.4 is 4.90 Å². The summed E-state index contributed by atoms with van der Waals surface area (Å²) in [5, 5.41) is 17.7. The van der Waals surface area contributed by atoms with E-state index in [4.69, 9.17) is 0 Å². The van der Waals surface area contributed by atoms with Crippen molar-refractivity contribution < 1.29 is 27.1 Å². The molecular formula is C26H25F2N5O4S. The van der Waals surface area contributed by atoms with E-state index in [0.717, 1.165) is 0 Å². The molecule has 0 saturated carbocycles. The lowest BCUT2D eigenvalue weighted by molar-refractivity contribution is -0.148. The maximum absolute atomic E-state index is 13.8. The van der Waals surface area contributed by atoms with Crippen LogP contribution >= 0.6 is 0 Å². The Morgan fingerprint density at radius 2 is 1.92 bits per heavy atom. The maximum atomic E-state index is 13.8. The number of aliphatic carboxylic acids is 1. The highest BCUT2D eigenvalue weighted by Gasteiger charge is 2.57. The zero-order chi connectivity index (χ0) is 26.7. The van der Waals surface area contributed by atoms with Gasteiger partial charge in [-0.05, 0) is 54.3 Å². The van der Waals surface area contributed by atoms with Gasteiger partial charge in [0.05, 0.1) is 18.4 Å². The molecule has 38 heavy (non-hydrogen) atoms. The van der Waals surface area contributed by atoms with Crippen LogP contribution in [-0.4, -0.2) is 71.3 Å². The van der Waals surface area contributed by atoms with E-state index in [2.05, 4.69) is 15.2 Å². The first-order valence-corrected chi connectivity index (χ1v) is 13.7. The first kappa shape index (κ1) is 24.7. The van der Waals surface area contributed by atoms with Crippen LogP contribution in [0.1, 0.15) is 35.6 Å². The number of piperidine rings is 1. The van der Waals surface area contributed by atoms with Crippen molar-refractivity contribution in [2.24, 2.45) is 5.41 Å². The van der Waals surface area contributed by atoms with Crippen LogP contribution in [0.2, 0.25) is 0 Å². The lowest BCUT2D eigenvalue weighted by Crippen LogP contribution is -2.55. The van der Waals surface area contributed by atoms with E-state index in [9.17, 15) is 27.1 Å². The van der Waals surface area contributed by atoms with Gasteiger partial charge in [0.2, 0.25) is 10.0 Å². The quantitative estimate of drug-likeness (QED) is 0.509. The molecule has 0 spiro atoms. The number of pyridine rings is 1. The minimum atomic E-state index is -4.11. The lowest BCUT2D eigenvalue weighted by atomic mass is 9.60. The number of rotatable bonds is 5. The van der Waals surface area contributed by atoms with Gasteiger partial charge in [-0.2, -0.15) is 9.40 Å². The molecule has 1 aromatic carbocycles. The highest BCUT2D eigenvalue weighted by molar-refractivity contribution is 7.89. The minimum absolute atomic E-state index is 0.0663. The molecule has 4 heterocycles. The molecule has 3 aromatic rings. The van der Waals surface area contributed by atoms with Gasteiger partial charge in [-0.25, -0.2) is 22.2 Å². The Bertz CT molecular complexity index is 1520. The van der Waals surface area contributed by atoms with Crippen molar-refractivity contribution in [3.05, 3.63) is 77.0 Å². The molecule has 1 unspecified atom stereocenters. The van der Waals surface area contributed by atoms with Crippen LogP contribution in [0.4, 0.5) is 14.6 Å². The molecule has 0 bridgehead atoms. The highest BCUT2D eigenvalue weighted by Crippen LogP contribution is 2.54. The van der Waals surface area contributed by atoms with Crippen LogP contribution in [0.3, 0.4) is 0 Å². The van der Waals surface area contributed by atoms with E-state index < -0.39 is 39.3 Å². The third-order valence-electron chi connectivity index (χ3n) is 7.85. The Balaban J connectivity index is 1.38. The number of halogens is 2. The molecule has 0 amide bonds. The van der Waals surface area contributed by atoms with Gasteiger partial charge in [0.25, 0.3) is 0 Å². The zero-order valence-corrected chi connectivity index (χ0v) is 21.0. The summed E-state index contributed by atoms with van der Waals surface area (Å²) in [6.07, 6.45) is 4.17. The van der Waals surface area contributed by atoms with Gasteiger partial charge in [-0.3, -0.25) is 9.89 Å². The van der Waals surface area contributed by atoms with Crippen molar-refractivity contribution in [1.29, 1.82) is 0 Å². The van der Waals surface area contributed by atoms with Crippen LogP contribution in [0.15, 0.2) is 59.3 Å². The first-order valence-electron chi connectivity index (χ1n) is 12.3. The maximum Gasteiger partial charge on any atom is 0.316 e. The number of nitrogens with zero attached hydrogens (tertiary/aromatic N) is 4. The summed E-state index contributed by atoms with van der Waals surface area (Å²) >= 11 is 0. The monoisotopic (exact) mass is 541 g/mol. The summed E-state index contributed by atoms with van der Waals surface area (Å²) in [7, 11) is -4.11. The lowest BCUT2D eigenvalue weighted by Gasteiger charge is -2.47. The Labute approximate surface area is 217 Å². The summed E-state index contributed by atoms with van der Waals surface area (Å²) in [5.41, 5.74) is 0.749. The summed E-state index contributed by atoms with van der Waals surface area (Å²) in [4.78, 5) is 19.1. The van der Waals surface area contributed by atoms with Gasteiger partial charge in [-0.15, -0.1) is 0 Å². The average Bonchev–Trinajstić information content (AvgIpc) is 3.56. The largest absolute Gasteiger partial charge is 0.481 e. The number of aromatic amines is 1. The molecule has 3 atom stereocenters. The van der Waals surface area contributed by atoms with Crippen LogP contribution in [0, 0.1) is 11.2 Å². The molecule has 2 aliphatic heterocycles. The van der Waals surface area contributed by atoms with Crippen LogP contribution in [0.25, 0.3) is 6.08 Å². The summed E-state index contributed by atoms with van der Waals surface area (Å²) in [6.45, 7) is 0.479. The first-order chi connectivity index (χ1) is 18.2. The van der Waals surface area contributed by atoms with E-state index >= 15 is 0 Å². The van der Waals surface area contributed by atoms with E-state index in [1.807, 2.05) is 0 Å². The number of sulfonamides is 1. The standard InChI is InChI=1S/C26H25F2N5O4S/c27-18-3-1-16(2-4-18)24-21-13-30-31-22(21)11-17-7-10-33(15-26(17,24)25(34)35)38(36,37)20-5-6-23(29-12-20)32-9-8-19(28)14-32/h1-6,11-13,19,24H,7-10,14-15H2,(H,30,31)(H,34,35)/t19-,24?,26+/m1/s1. The second-order valence-corrected chi connectivity index (χ2v) is 11.9. The summed E-state index contributed by atoms with van der Waals surface area (Å²) in [5.74, 6) is -1.94. The third kappa shape index (κ3) is 3.81. The van der Waals surface area contributed by atoms with Crippen molar-refractivity contribution >= 4 is 27.9 Å². The fraction of sp³-hybridized carbons (Fsp3) is 0.346. The number of hydrogen-bond donors (Lipinski definition) is 2. The smallest absolute Gasteiger partial charge is 0.316 e.